The minimum absolute atomic E-state index is 0.0508. The van der Waals surface area contributed by atoms with Crippen molar-refractivity contribution in [1.29, 1.82) is 0 Å². The van der Waals surface area contributed by atoms with Gasteiger partial charge in [-0.2, -0.15) is 0 Å². The van der Waals surface area contributed by atoms with E-state index < -0.39 is 9.05 Å². The number of halogens is 1. The Morgan fingerprint density at radius 3 is 2.14 bits per heavy atom. The zero-order valence-electron chi connectivity index (χ0n) is 12.0. The maximum atomic E-state index is 12.3. The number of nitrogens with one attached hydrogen (secondary N) is 1. The van der Waals surface area contributed by atoms with Gasteiger partial charge in [0.15, 0.2) is 0 Å². The van der Waals surface area contributed by atoms with E-state index in [1.54, 1.807) is 13.8 Å². The summed E-state index contributed by atoms with van der Waals surface area (Å²) >= 11 is 0. The van der Waals surface area contributed by atoms with Gasteiger partial charge in [0.1, 0.15) is 0 Å². The van der Waals surface area contributed by atoms with Crippen molar-refractivity contribution in [2.24, 2.45) is 17.8 Å². The van der Waals surface area contributed by atoms with Crippen molar-refractivity contribution in [3.8, 4) is 0 Å². The Morgan fingerprint density at radius 1 is 1.14 bits per heavy atom. The van der Waals surface area contributed by atoms with Crippen molar-refractivity contribution < 1.29 is 13.2 Å². The van der Waals surface area contributed by atoms with Crippen LogP contribution in [0.4, 0.5) is 5.69 Å². The van der Waals surface area contributed by atoms with Crippen molar-refractivity contribution in [2.75, 3.05) is 5.32 Å². The molecule has 114 valence electrons. The minimum atomic E-state index is -3.75. The molecule has 0 bridgehead atoms. The third-order valence-electron chi connectivity index (χ3n) is 4.65. The number of carbonyl (C=O) groups is 1. The molecule has 0 heterocycles. The molecule has 1 amide bonds. The summed E-state index contributed by atoms with van der Waals surface area (Å²) in [6, 6.07) is 2.99. The monoisotopic (exact) mass is 327 g/mol. The molecule has 0 aromatic heterocycles. The average molecular weight is 328 g/mol. The Balaban J connectivity index is 1.80. The first-order valence-corrected chi connectivity index (χ1v) is 9.43. The number of fused-ring (bicyclic) bond motifs is 1. The van der Waals surface area contributed by atoms with Crippen LogP contribution in [0.1, 0.15) is 30.4 Å². The van der Waals surface area contributed by atoms with Crippen molar-refractivity contribution in [2.45, 2.75) is 38.0 Å². The summed E-state index contributed by atoms with van der Waals surface area (Å²) in [4.78, 5) is 12.4. The molecule has 2 aliphatic rings. The first-order valence-electron chi connectivity index (χ1n) is 7.12. The van der Waals surface area contributed by atoms with Crippen LogP contribution < -0.4 is 5.32 Å². The van der Waals surface area contributed by atoms with Crippen LogP contribution in [0, 0.1) is 31.6 Å². The van der Waals surface area contributed by atoms with E-state index >= 15 is 0 Å². The quantitative estimate of drug-likeness (QED) is 0.867. The second-order valence-electron chi connectivity index (χ2n) is 6.28. The lowest BCUT2D eigenvalue weighted by Gasteiger charge is -2.16. The summed E-state index contributed by atoms with van der Waals surface area (Å²) in [6.07, 6.45) is 3.26. The zero-order valence-corrected chi connectivity index (χ0v) is 13.6. The lowest BCUT2D eigenvalue weighted by Crippen LogP contribution is -2.22. The van der Waals surface area contributed by atoms with Gasteiger partial charge in [-0.25, -0.2) is 8.42 Å². The van der Waals surface area contributed by atoms with Crippen LogP contribution in [-0.4, -0.2) is 14.3 Å². The summed E-state index contributed by atoms with van der Waals surface area (Å²) in [5.74, 6) is 1.66. The number of aryl methyl sites for hydroxylation is 2. The molecule has 2 saturated carbocycles. The van der Waals surface area contributed by atoms with Crippen LogP contribution in [0.3, 0.4) is 0 Å². The van der Waals surface area contributed by atoms with Crippen LogP contribution >= 0.6 is 10.7 Å². The van der Waals surface area contributed by atoms with E-state index in [1.807, 2.05) is 0 Å². The number of hydrogen-bond acceptors (Lipinski definition) is 3. The molecule has 0 radical (unpaired) electrons. The first kappa shape index (κ1) is 14.9. The van der Waals surface area contributed by atoms with E-state index in [-0.39, 0.29) is 16.7 Å². The van der Waals surface area contributed by atoms with E-state index in [9.17, 15) is 13.2 Å². The molecule has 1 aromatic carbocycles. The molecule has 2 fully saturated rings. The van der Waals surface area contributed by atoms with Gasteiger partial charge in [0.2, 0.25) is 5.91 Å². The van der Waals surface area contributed by atoms with E-state index in [0.29, 0.717) is 16.8 Å². The highest BCUT2D eigenvalue weighted by Crippen LogP contribution is 2.54. The van der Waals surface area contributed by atoms with E-state index in [2.05, 4.69) is 5.32 Å². The van der Waals surface area contributed by atoms with E-state index in [0.717, 1.165) is 24.7 Å². The van der Waals surface area contributed by atoms with Crippen LogP contribution in [0.25, 0.3) is 0 Å². The van der Waals surface area contributed by atoms with Crippen LogP contribution in [0.5, 0.6) is 0 Å². The van der Waals surface area contributed by atoms with E-state index in [1.165, 1.54) is 18.6 Å². The molecule has 0 saturated heterocycles. The third-order valence-corrected chi connectivity index (χ3v) is 5.98. The molecule has 1 aromatic rings. The molecule has 4 nitrogen and oxygen atoms in total. The summed E-state index contributed by atoms with van der Waals surface area (Å²) in [7, 11) is 1.62. The Kier molecular flexibility index (Phi) is 3.53. The van der Waals surface area contributed by atoms with Crippen LogP contribution in [0.2, 0.25) is 0 Å². The summed E-state index contributed by atoms with van der Waals surface area (Å²) in [5.41, 5.74) is 2.13. The standard InChI is InChI=1S/C15H18ClNO3S/c1-8-3-13(21(16,19)20)4-9(2)14(8)17-15(18)12-6-10-5-11(10)7-12/h3-4,10-12H,5-7H2,1-2H3,(H,17,18). The molecule has 2 aliphatic carbocycles. The summed E-state index contributed by atoms with van der Waals surface area (Å²) in [5, 5.41) is 2.96. The van der Waals surface area contributed by atoms with Gasteiger partial charge in [-0.3, -0.25) is 4.79 Å². The van der Waals surface area contributed by atoms with Crippen LogP contribution in [0.15, 0.2) is 17.0 Å². The van der Waals surface area contributed by atoms with Gasteiger partial charge in [-0.1, -0.05) is 0 Å². The Bertz CT molecular complexity index is 681. The third kappa shape index (κ3) is 2.94. The van der Waals surface area contributed by atoms with Gasteiger partial charge in [-0.15, -0.1) is 0 Å². The first-order chi connectivity index (χ1) is 9.75. The summed E-state index contributed by atoms with van der Waals surface area (Å²) < 4.78 is 22.8. The predicted octanol–water partition coefficient (Wildman–Crippen LogP) is 3.22. The Hall–Kier alpha value is -1.07. The number of carbonyl (C=O) groups excluding carboxylic acids is 1. The maximum Gasteiger partial charge on any atom is 0.261 e. The fourth-order valence-electron chi connectivity index (χ4n) is 3.42. The molecule has 0 aliphatic heterocycles. The second-order valence-corrected chi connectivity index (χ2v) is 8.85. The highest BCUT2D eigenvalue weighted by molar-refractivity contribution is 8.13. The fraction of sp³-hybridized carbons (Fsp3) is 0.533. The zero-order chi connectivity index (χ0) is 15.4. The van der Waals surface area contributed by atoms with Gasteiger partial charge < -0.3 is 5.32 Å². The van der Waals surface area contributed by atoms with Crippen molar-refractivity contribution >= 4 is 31.3 Å². The summed E-state index contributed by atoms with van der Waals surface area (Å²) in [6.45, 7) is 3.56. The number of benzene rings is 1. The van der Waals surface area contributed by atoms with Crippen molar-refractivity contribution in [3.05, 3.63) is 23.3 Å². The number of hydrogen-bond donors (Lipinski definition) is 1. The van der Waals surface area contributed by atoms with Crippen LogP contribution in [-0.2, 0) is 13.8 Å². The van der Waals surface area contributed by atoms with Gasteiger partial charge in [0, 0.05) is 22.3 Å². The van der Waals surface area contributed by atoms with Crippen molar-refractivity contribution in [1.82, 2.24) is 0 Å². The number of rotatable bonds is 3. The largest absolute Gasteiger partial charge is 0.325 e. The van der Waals surface area contributed by atoms with Gasteiger partial charge >= 0.3 is 0 Å². The molecule has 0 spiro atoms. The highest BCUT2D eigenvalue weighted by Gasteiger charge is 2.48. The lowest BCUT2D eigenvalue weighted by atomic mass is 10.0. The highest BCUT2D eigenvalue weighted by atomic mass is 35.7. The molecule has 3 rings (SSSR count). The van der Waals surface area contributed by atoms with Gasteiger partial charge in [-0.05, 0) is 68.2 Å². The predicted molar refractivity (Wildman–Crippen MR) is 81.9 cm³/mol. The molecule has 21 heavy (non-hydrogen) atoms. The number of anilines is 1. The topological polar surface area (TPSA) is 63.2 Å². The molecule has 2 unspecified atom stereocenters. The molecular formula is C15H18ClNO3S. The Labute approximate surface area is 129 Å². The number of amides is 1. The SMILES string of the molecule is Cc1cc(S(=O)(=O)Cl)cc(C)c1NC(=O)C1CC2CC2C1. The van der Waals surface area contributed by atoms with E-state index in [4.69, 9.17) is 10.7 Å². The fourth-order valence-corrected chi connectivity index (χ4v) is 4.32. The average Bonchev–Trinajstić information content (AvgIpc) is 2.99. The maximum absolute atomic E-state index is 12.3. The molecule has 2 atom stereocenters. The molecular weight excluding hydrogens is 310 g/mol. The second kappa shape index (κ2) is 4.99. The van der Waals surface area contributed by atoms with Gasteiger partial charge in [0.25, 0.3) is 9.05 Å². The van der Waals surface area contributed by atoms with Crippen molar-refractivity contribution in [3.63, 3.8) is 0 Å². The molecule has 1 N–H and O–H groups in total. The Morgan fingerprint density at radius 2 is 1.67 bits per heavy atom. The van der Waals surface area contributed by atoms with Gasteiger partial charge in [0.05, 0.1) is 4.90 Å². The lowest BCUT2D eigenvalue weighted by molar-refractivity contribution is -0.120. The normalized spacial score (nSPS) is 27.3. The molecule has 6 heteroatoms. The smallest absolute Gasteiger partial charge is 0.261 e. The minimum Gasteiger partial charge on any atom is -0.325 e.